The summed E-state index contributed by atoms with van der Waals surface area (Å²) in [6, 6.07) is 26.7. The molecule has 0 amide bonds. The van der Waals surface area contributed by atoms with Crippen molar-refractivity contribution in [3.8, 4) is 48.8 Å². The van der Waals surface area contributed by atoms with Gasteiger partial charge in [0.1, 0.15) is 8.07 Å². The zero-order chi connectivity index (χ0) is 32.4. The molecule has 0 aliphatic carbocycles. The van der Waals surface area contributed by atoms with Crippen LogP contribution in [0.15, 0.2) is 71.4 Å². The third-order valence-corrected chi connectivity index (χ3v) is 23.2. The first-order valence-corrected chi connectivity index (χ1v) is 25.1. The van der Waals surface area contributed by atoms with Crippen LogP contribution < -0.4 is 10.4 Å². The minimum absolute atomic E-state index is 0.815. The van der Waals surface area contributed by atoms with E-state index >= 15 is 0 Å². The van der Waals surface area contributed by atoms with E-state index < -0.39 is 8.07 Å². The summed E-state index contributed by atoms with van der Waals surface area (Å²) >= 11 is 11.9. The van der Waals surface area contributed by atoms with Crippen LogP contribution in [0.2, 0.25) is 12.1 Å². The molecule has 0 saturated carbocycles. The molecule has 7 heterocycles. The van der Waals surface area contributed by atoms with Gasteiger partial charge in [-0.15, -0.1) is 68.0 Å². The Hall–Kier alpha value is -1.58. The highest BCUT2D eigenvalue weighted by Gasteiger charge is 2.50. The number of fused-ring (bicyclic) bond motifs is 3. The lowest BCUT2D eigenvalue weighted by atomic mass is 10.0. The van der Waals surface area contributed by atoms with Crippen LogP contribution in [0.5, 0.6) is 0 Å². The van der Waals surface area contributed by atoms with E-state index in [1.165, 1.54) is 102 Å². The summed E-state index contributed by atoms with van der Waals surface area (Å²) in [5.74, 6) is 1.63. The smallest absolute Gasteiger partial charge is 0.122 e. The van der Waals surface area contributed by atoms with E-state index in [9.17, 15) is 0 Å². The molecule has 6 aromatic heterocycles. The standard InChI is InChI=1S/C40H46S6Si/c1-5-9-13-27(7-3)25-47(26-28(8-4)14-10-6-2)37-23-35(33-19-17-31(43-33)29-15-11-21-41-29)45-39(37)40-38(47)24-36(46-40)34-20-18-32(44-34)30-16-12-22-42-30/h11-12,15-24,27-28H,5-10,13-14,25-26H2,1-4H3. The Kier molecular flexibility index (Phi) is 10.9. The third kappa shape index (κ3) is 6.80. The van der Waals surface area contributed by atoms with Crippen LogP contribution in [0.3, 0.4) is 0 Å². The first-order valence-electron chi connectivity index (χ1n) is 17.6. The van der Waals surface area contributed by atoms with E-state index in [-0.39, 0.29) is 0 Å². The third-order valence-electron chi connectivity index (χ3n) is 10.3. The monoisotopic (exact) mass is 746 g/mol. The zero-order valence-electron chi connectivity index (χ0n) is 28.1. The molecular weight excluding hydrogens is 701 g/mol. The Morgan fingerprint density at radius 3 is 1.30 bits per heavy atom. The maximum atomic E-state index is 2.72. The van der Waals surface area contributed by atoms with Gasteiger partial charge in [0.05, 0.1) is 0 Å². The molecule has 0 bridgehead atoms. The van der Waals surface area contributed by atoms with Crippen molar-refractivity contribution in [3.63, 3.8) is 0 Å². The van der Waals surface area contributed by atoms with Gasteiger partial charge >= 0.3 is 0 Å². The molecule has 0 saturated heterocycles. The first-order chi connectivity index (χ1) is 23.1. The normalized spacial score (nSPS) is 14.8. The van der Waals surface area contributed by atoms with Crippen molar-refractivity contribution in [2.45, 2.75) is 91.1 Å². The van der Waals surface area contributed by atoms with Gasteiger partial charge in [0.15, 0.2) is 0 Å². The van der Waals surface area contributed by atoms with E-state index in [4.69, 9.17) is 0 Å². The average Bonchev–Trinajstić information content (AvgIpc) is 3.93. The molecule has 2 unspecified atom stereocenters. The molecule has 47 heavy (non-hydrogen) atoms. The van der Waals surface area contributed by atoms with Crippen molar-refractivity contribution in [2.75, 3.05) is 0 Å². The van der Waals surface area contributed by atoms with Gasteiger partial charge in [-0.1, -0.05) is 91.2 Å². The molecule has 0 radical (unpaired) electrons. The molecule has 0 nitrogen and oxygen atoms in total. The lowest BCUT2D eigenvalue weighted by Crippen LogP contribution is -2.56. The quantitative estimate of drug-likeness (QED) is 0.0865. The molecule has 1 aliphatic heterocycles. The van der Waals surface area contributed by atoms with Crippen LogP contribution in [0, 0.1) is 11.8 Å². The highest BCUT2D eigenvalue weighted by Crippen LogP contribution is 2.51. The fraction of sp³-hybridized carbons (Fsp3) is 0.400. The number of hydrogen-bond donors (Lipinski definition) is 0. The molecular formula is C40H46S6Si. The molecule has 0 aromatic carbocycles. The zero-order valence-corrected chi connectivity index (χ0v) is 34.0. The largest absolute Gasteiger partial charge is 0.143 e. The van der Waals surface area contributed by atoms with Crippen LogP contribution in [-0.2, 0) is 0 Å². The summed E-state index contributed by atoms with van der Waals surface area (Å²) in [5, 5.41) is 8.00. The molecule has 1 aliphatic rings. The molecule has 0 fully saturated rings. The summed E-state index contributed by atoms with van der Waals surface area (Å²) in [6.07, 6.45) is 10.7. The second kappa shape index (κ2) is 15.1. The Labute approximate surface area is 307 Å². The van der Waals surface area contributed by atoms with Crippen LogP contribution in [-0.4, -0.2) is 8.07 Å². The summed E-state index contributed by atoms with van der Waals surface area (Å²) < 4.78 is 0. The predicted octanol–water partition coefficient (Wildman–Crippen LogP) is 14.7. The van der Waals surface area contributed by atoms with Crippen LogP contribution in [0.1, 0.15) is 79.1 Å². The molecule has 7 heteroatoms. The minimum atomic E-state index is -2.02. The van der Waals surface area contributed by atoms with Crippen molar-refractivity contribution < 1.29 is 0 Å². The van der Waals surface area contributed by atoms with Gasteiger partial charge in [-0.05, 0) is 93.6 Å². The summed E-state index contributed by atoms with van der Waals surface area (Å²) in [6.45, 7) is 9.69. The van der Waals surface area contributed by atoms with Gasteiger partial charge in [0.2, 0.25) is 0 Å². The number of rotatable bonds is 16. The van der Waals surface area contributed by atoms with Gasteiger partial charge in [0.25, 0.3) is 0 Å². The molecule has 0 spiro atoms. The maximum absolute atomic E-state index is 2.72. The summed E-state index contributed by atoms with van der Waals surface area (Å²) in [7, 11) is -2.02. The number of thiophene rings is 6. The predicted molar refractivity (Wildman–Crippen MR) is 222 cm³/mol. The van der Waals surface area contributed by atoms with Gasteiger partial charge in [-0.2, -0.15) is 0 Å². The van der Waals surface area contributed by atoms with E-state index in [1.807, 2.05) is 45.3 Å². The second-order valence-corrected chi connectivity index (χ2v) is 23.5. The summed E-state index contributed by atoms with van der Waals surface area (Å²) in [5.41, 5.74) is 0. The minimum Gasteiger partial charge on any atom is -0.143 e. The fourth-order valence-electron chi connectivity index (χ4n) is 7.66. The van der Waals surface area contributed by atoms with Crippen LogP contribution in [0.25, 0.3) is 48.8 Å². The topological polar surface area (TPSA) is 0 Å². The fourth-order valence-corrected chi connectivity index (χ4v) is 21.9. The molecule has 246 valence electrons. The van der Waals surface area contributed by atoms with Gasteiger partial charge in [-0.3, -0.25) is 0 Å². The SMILES string of the molecule is CCCCC(CC)C[Si]1(CC(CC)CCCC)c2cc(-c3ccc(-c4cccs4)s3)sc2-c2sc(-c3ccc(-c4cccs4)s3)cc21. The highest BCUT2D eigenvalue weighted by molar-refractivity contribution is 7.34. The van der Waals surface area contributed by atoms with Crippen LogP contribution in [0.4, 0.5) is 0 Å². The highest BCUT2D eigenvalue weighted by atomic mass is 32.1. The molecule has 7 rings (SSSR count). The number of unbranched alkanes of at least 4 members (excludes halogenated alkanes) is 2. The lowest BCUT2D eigenvalue weighted by molar-refractivity contribution is 0.469. The van der Waals surface area contributed by atoms with Gasteiger partial charge in [-0.25, -0.2) is 0 Å². The Bertz CT molecular complexity index is 1720. The van der Waals surface area contributed by atoms with Crippen molar-refractivity contribution in [3.05, 3.63) is 71.4 Å². The second-order valence-electron chi connectivity index (χ2n) is 13.3. The van der Waals surface area contributed by atoms with E-state index in [0.29, 0.717) is 0 Å². The Balaban J connectivity index is 1.36. The molecule has 2 atom stereocenters. The van der Waals surface area contributed by atoms with E-state index in [0.717, 1.165) is 11.8 Å². The Morgan fingerprint density at radius 2 is 0.936 bits per heavy atom. The van der Waals surface area contributed by atoms with Crippen molar-refractivity contribution in [2.24, 2.45) is 11.8 Å². The Morgan fingerprint density at radius 1 is 0.511 bits per heavy atom. The van der Waals surface area contributed by atoms with Crippen molar-refractivity contribution >= 4 is 86.5 Å². The van der Waals surface area contributed by atoms with E-state index in [2.05, 4.69) is 122 Å². The molecule has 6 aromatic rings. The van der Waals surface area contributed by atoms with Crippen LogP contribution >= 0.6 is 68.0 Å². The van der Waals surface area contributed by atoms with Gasteiger partial charge in [0, 0.05) is 48.8 Å². The van der Waals surface area contributed by atoms with E-state index in [1.54, 1.807) is 20.1 Å². The summed E-state index contributed by atoms with van der Waals surface area (Å²) in [4.78, 5) is 14.8. The first kappa shape index (κ1) is 33.9. The van der Waals surface area contributed by atoms with Crippen molar-refractivity contribution in [1.29, 1.82) is 0 Å². The van der Waals surface area contributed by atoms with Crippen molar-refractivity contribution in [1.82, 2.24) is 0 Å². The maximum Gasteiger partial charge on any atom is 0.122 e. The van der Waals surface area contributed by atoms with Gasteiger partial charge < -0.3 is 0 Å². The average molecular weight is 747 g/mol. The number of hydrogen-bond acceptors (Lipinski definition) is 6. The lowest BCUT2D eigenvalue weighted by Gasteiger charge is -2.35. The molecule has 0 N–H and O–H groups in total.